The summed E-state index contributed by atoms with van der Waals surface area (Å²) in [6, 6.07) is 0. The smallest absolute Gasteiger partial charge is 0.306 e. The van der Waals surface area contributed by atoms with Crippen LogP contribution in [0.3, 0.4) is 0 Å². The molecule has 0 aromatic heterocycles. The quantitative estimate of drug-likeness (QED) is 0.706. The van der Waals surface area contributed by atoms with Crippen molar-refractivity contribution in [1.82, 2.24) is 0 Å². The maximum absolute atomic E-state index is 12.3. The van der Waals surface area contributed by atoms with Crippen LogP contribution < -0.4 is 0 Å². The Bertz CT molecular complexity index is 237. The summed E-state index contributed by atoms with van der Waals surface area (Å²) in [6.07, 6.45) is -11.2. The highest BCUT2D eigenvalue weighted by Gasteiger charge is 2.71. The van der Waals surface area contributed by atoms with E-state index in [1.54, 1.807) is 0 Å². The van der Waals surface area contributed by atoms with Gasteiger partial charge in [0.15, 0.2) is 0 Å². The van der Waals surface area contributed by atoms with E-state index in [1.165, 1.54) is 0 Å². The molecule has 0 unspecified atom stereocenters. The van der Waals surface area contributed by atoms with Crippen LogP contribution in [0.25, 0.3) is 0 Å². The van der Waals surface area contributed by atoms with E-state index in [0.29, 0.717) is 0 Å². The fourth-order valence-electron chi connectivity index (χ4n) is 0.519. The maximum atomic E-state index is 12.3. The van der Waals surface area contributed by atoms with E-state index in [9.17, 15) is 39.5 Å². The normalized spacial score (nSPS) is 15.4. The molecule has 0 rings (SSSR count). The van der Waals surface area contributed by atoms with Crippen LogP contribution in [-0.2, 0) is 4.74 Å². The summed E-state index contributed by atoms with van der Waals surface area (Å²) in [5.41, 5.74) is 0. The average molecular weight is 264 g/mol. The predicted octanol–water partition coefficient (Wildman–Crippen LogP) is 3.45. The summed E-state index contributed by atoms with van der Waals surface area (Å²) in [6.45, 7) is -3.32. The molecular formula is C6H5F9O. The standard InChI is InChI=1S/C6H5F9O/c1-3(7,8)5(12,13)6(14,15)16-2-4(9,10)11/h2H2,1H3. The lowest BCUT2D eigenvalue weighted by atomic mass is 10.2. The van der Waals surface area contributed by atoms with Crippen LogP contribution in [0.15, 0.2) is 0 Å². The zero-order valence-corrected chi connectivity index (χ0v) is 7.52. The topological polar surface area (TPSA) is 9.23 Å². The molecule has 10 heteroatoms. The highest BCUT2D eigenvalue weighted by atomic mass is 19.4. The molecule has 1 nitrogen and oxygen atoms in total. The van der Waals surface area contributed by atoms with E-state index in [-0.39, 0.29) is 0 Å². The van der Waals surface area contributed by atoms with E-state index < -0.39 is 37.7 Å². The maximum Gasteiger partial charge on any atom is 0.426 e. The average Bonchev–Trinajstić information content (AvgIpc) is 1.97. The molecule has 0 aliphatic carbocycles. The minimum atomic E-state index is -6.04. The molecule has 0 bridgehead atoms. The second-order valence-electron chi connectivity index (χ2n) is 2.88. The molecular weight excluding hydrogens is 259 g/mol. The molecule has 0 N–H and O–H groups in total. The van der Waals surface area contributed by atoms with Crippen molar-refractivity contribution >= 4 is 0 Å². The fourth-order valence-corrected chi connectivity index (χ4v) is 0.519. The molecule has 0 aromatic carbocycles. The first kappa shape index (κ1) is 15.3. The van der Waals surface area contributed by atoms with Crippen molar-refractivity contribution in [3.8, 4) is 0 Å². The van der Waals surface area contributed by atoms with Gasteiger partial charge in [-0.05, 0) is 0 Å². The highest BCUT2D eigenvalue weighted by molar-refractivity contribution is 4.88. The van der Waals surface area contributed by atoms with Gasteiger partial charge in [0.2, 0.25) is 0 Å². The molecule has 0 saturated heterocycles. The molecule has 0 atom stereocenters. The Morgan fingerprint density at radius 2 is 1.19 bits per heavy atom. The lowest BCUT2D eigenvalue weighted by molar-refractivity contribution is -0.407. The Hall–Kier alpha value is -0.670. The van der Waals surface area contributed by atoms with Crippen molar-refractivity contribution < 1.29 is 44.3 Å². The molecule has 0 fully saturated rings. The highest BCUT2D eigenvalue weighted by Crippen LogP contribution is 2.46. The second kappa shape index (κ2) is 3.97. The van der Waals surface area contributed by atoms with Crippen LogP contribution in [0.2, 0.25) is 0 Å². The van der Waals surface area contributed by atoms with Gasteiger partial charge in [-0.2, -0.15) is 39.5 Å². The van der Waals surface area contributed by atoms with Crippen LogP contribution in [-0.4, -0.2) is 30.7 Å². The molecule has 0 aliphatic heterocycles. The molecule has 0 radical (unpaired) electrons. The van der Waals surface area contributed by atoms with Gasteiger partial charge in [0.25, 0.3) is 0 Å². The van der Waals surface area contributed by atoms with Crippen molar-refractivity contribution in [3.05, 3.63) is 0 Å². The summed E-state index contributed by atoms with van der Waals surface area (Å²) in [5.74, 6) is -11.3. The molecule has 0 spiro atoms. The third kappa shape index (κ3) is 3.42. The molecule has 0 amide bonds. The minimum Gasteiger partial charge on any atom is -0.306 e. The molecule has 0 aromatic rings. The zero-order valence-electron chi connectivity index (χ0n) is 7.52. The van der Waals surface area contributed by atoms with Gasteiger partial charge in [0.1, 0.15) is 6.61 Å². The number of hydrogen-bond donors (Lipinski definition) is 0. The molecule has 0 aliphatic rings. The van der Waals surface area contributed by atoms with Crippen molar-refractivity contribution in [1.29, 1.82) is 0 Å². The van der Waals surface area contributed by atoms with Gasteiger partial charge in [-0.3, -0.25) is 0 Å². The third-order valence-electron chi connectivity index (χ3n) is 1.33. The van der Waals surface area contributed by atoms with Gasteiger partial charge in [-0.15, -0.1) is 0 Å². The van der Waals surface area contributed by atoms with Crippen LogP contribution in [0.4, 0.5) is 39.5 Å². The number of halogens is 9. The Kier molecular flexibility index (Phi) is 3.80. The first-order valence-electron chi connectivity index (χ1n) is 3.55. The fraction of sp³-hybridized carbons (Fsp3) is 1.00. The van der Waals surface area contributed by atoms with Crippen molar-refractivity contribution in [3.63, 3.8) is 0 Å². The van der Waals surface area contributed by atoms with Gasteiger partial charge in [0.05, 0.1) is 0 Å². The van der Waals surface area contributed by atoms with E-state index in [1.807, 2.05) is 0 Å². The van der Waals surface area contributed by atoms with Crippen LogP contribution in [0.1, 0.15) is 6.92 Å². The second-order valence-corrected chi connectivity index (χ2v) is 2.88. The van der Waals surface area contributed by atoms with Crippen molar-refractivity contribution in [2.45, 2.75) is 31.1 Å². The first-order chi connectivity index (χ1) is 6.71. The van der Waals surface area contributed by atoms with Crippen molar-refractivity contribution in [2.75, 3.05) is 6.61 Å². The Morgan fingerprint density at radius 1 is 0.812 bits per heavy atom. The van der Waals surface area contributed by atoms with Crippen LogP contribution >= 0.6 is 0 Å². The lowest BCUT2D eigenvalue weighted by Crippen LogP contribution is -2.54. The van der Waals surface area contributed by atoms with E-state index in [0.717, 1.165) is 0 Å². The number of alkyl halides is 9. The molecule has 98 valence electrons. The summed E-state index contributed by atoms with van der Waals surface area (Å²) in [4.78, 5) is 0. The van der Waals surface area contributed by atoms with Gasteiger partial charge in [-0.25, -0.2) is 0 Å². The van der Waals surface area contributed by atoms with Gasteiger partial charge in [-0.1, -0.05) is 0 Å². The first-order valence-corrected chi connectivity index (χ1v) is 3.55. The summed E-state index contributed by atoms with van der Waals surface area (Å²) in [5, 5.41) is 0. The number of ether oxygens (including phenoxy) is 1. The lowest BCUT2D eigenvalue weighted by Gasteiger charge is -2.30. The van der Waals surface area contributed by atoms with E-state index >= 15 is 0 Å². The Morgan fingerprint density at radius 3 is 1.44 bits per heavy atom. The monoisotopic (exact) mass is 264 g/mol. The van der Waals surface area contributed by atoms with Gasteiger partial charge < -0.3 is 4.74 Å². The number of hydrogen-bond acceptors (Lipinski definition) is 1. The van der Waals surface area contributed by atoms with Gasteiger partial charge >= 0.3 is 24.1 Å². The summed E-state index contributed by atoms with van der Waals surface area (Å²) in [7, 11) is 0. The van der Waals surface area contributed by atoms with Gasteiger partial charge in [0, 0.05) is 6.92 Å². The van der Waals surface area contributed by atoms with Crippen LogP contribution in [0.5, 0.6) is 0 Å². The molecule has 0 heterocycles. The minimum absolute atomic E-state index is 0.558. The predicted molar refractivity (Wildman–Crippen MR) is 32.5 cm³/mol. The third-order valence-corrected chi connectivity index (χ3v) is 1.33. The zero-order chi connectivity index (χ0) is 13.4. The molecule has 0 saturated carbocycles. The molecule has 16 heavy (non-hydrogen) atoms. The van der Waals surface area contributed by atoms with E-state index in [2.05, 4.69) is 4.74 Å². The van der Waals surface area contributed by atoms with Crippen molar-refractivity contribution in [2.24, 2.45) is 0 Å². The number of rotatable bonds is 4. The van der Waals surface area contributed by atoms with Crippen LogP contribution in [0, 0.1) is 0 Å². The largest absolute Gasteiger partial charge is 0.426 e. The Balaban J connectivity index is 4.79. The summed E-state index contributed by atoms with van der Waals surface area (Å²) >= 11 is 0. The summed E-state index contributed by atoms with van der Waals surface area (Å²) < 4.78 is 110. The Labute approximate surface area is 83.2 Å². The van der Waals surface area contributed by atoms with E-state index in [4.69, 9.17) is 0 Å². The SMILES string of the molecule is CC(F)(F)C(F)(F)C(F)(F)OCC(F)(F)F.